The molecule has 7 heteroatoms. The summed E-state index contributed by atoms with van der Waals surface area (Å²) < 4.78 is 13.1. The number of nitrogens with one attached hydrogen (secondary N) is 2. The van der Waals surface area contributed by atoms with Crippen LogP contribution < -0.4 is 10.6 Å². The van der Waals surface area contributed by atoms with Crippen molar-refractivity contribution in [2.75, 3.05) is 11.9 Å². The van der Waals surface area contributed by atoms with Gasteiger partial charge in [-0.1, -0.05) is 12.1 Å². The molecule has 2 aromatic carbocycles. The summed E-state index contributed by atoms with van der Waals surface area (Å²) in [7, 11) is 0. The van der Waals surface area contributed by atoms with Gasteiger partial charge in [-0.15, -0.1) is 11.3 Å². The zero-order valence-electron chi connectivity index (χ0n) is 13.7. The number of halogens is 1. The standard InChI is InChI=1S/C19H16FN3O2S/c20-15-3-1-2-13(10-15)11-17(24)22-12-18(25)23-16-6-4-14(5-7-16)19-21-8-9-26-19/h1-10H,11-12H2,(H,22,24)(H,23,25). The first-order valence-corrected chi connectivity index (χ1v) is 8.79. The Morgan fingerprint density at radius 2 is 1.88 bits per heavy atom. The monoisotopic (exact) mass is 369 g/mol. The Labute approximate surface area is 153 Å². The molecule has 0 spiro atoms. The molecule has 0 unspecified atom stereocenters. The third-order valence-electron chi connectivity index (χ3n) is 3.55. The van der Waals surface area contributed by atoms with Crippen LogP contribution in [0.25, 0.3) is 10.6 Å². The maximum atomic E-state index is 13.1. The second kappa shape index (κ2) is 8.35. The van der Waals surface area contributed by atoms with Crippen LogP contribution in [0.2, 0.25) is 0 Å². The van der Waals surface area contributed by atoms with Gasteiger partial charge in [0, 0.05) is 22.8 Å². The van der Waals surface area contributed by atoms with Crippen LogP contribution in [0.4, 0.5) is 10.1 Å². The van der Waals surface area contributed by atoms with Crippen LogP contribution in [0.15, 0.2) is 60.1 Å². The zero-order valence-corrected chi connectivity index (χ0v) is 14.6. The first kappa shape index (κ1) is 17.8. The Kier molecular flexibility index (Phi) is 5.70. The van der Waals surface area contributed by atoms with Gasteiger partial charge < -0.3 is 10.6 Å². The quantitative estimate of drug-likeness (QED) is 0.701. The summed E-state index contributed by atoms with van der Waals surface area (Å²) in [5, 5.41) is 8.04. The molecule has 26 heavy (non-hydrogen) atoms. The molecule has 1 heterocycles. The van der Waals surface area contributed by atoms with E-state index >= 15 is 0 Å². The van der Waals surface area contributed by atoms with E-state index < -0.39 is 5.82 Å². The largest absolute Gasteiger partial charge is 0.347 e. The van der Waals surface area contributed by atoms with Crippen LogP contribution in [-0.4, -0.2) is 23.3 Å². The van der Waals surface area contributed by atoms with Gasteiger partial charge in [-0.05, 0) is 42.0 Å². The molecule has 2 amide bonds. The van der Waals surface area contributed by atoms with E-state index in [0.717, 1.165) is 10.6 Å². The van der Waals surface area contributed by atoms with Crippen LogP contribution in [0.3, 0.4) is 0 Å². The van der Waals surface area contributed by atoms with Crippen LogP contribution in [0.5, 0.6) is 0 Å². The van der Waals surface area contributed by atoms with Gasteiger partial charge in [0.25, 0.3) is 0 Å². The van der Waals surface area contributed by atoms with E-state index in [1.165, 1.54) is 23.5 Å². The van der Waals surface area contributed by atoms with E-state index in [-0.39, 0.29) is 24.8 Å². The summed E-state index contributed by atoms with van der Waals surface area (Å²) in [6.45, 7) is -0.150. The van der Waals surface area contributed by atoms with Crippen LogP contribution >= 0.6 is 11.3 Å². The molecule has 0 bridgehead atoms. The van der Waals surface area contributed by atoms with Gasteiger partial charge in [-0.25, -0.2) is 9.37 Å². The molecule has 0 aliphatic carbocycles. The fraction of sp³-hybridized carbons (Fsp3) is 0.105. The van der Waals surface area contributed by atoms with Crippen molar-refractivity contribution < 1.29 is 14.0 Å². The molecule has 0 aliphatic heterocycles. The van der Waals surface area contributed by atoms with Crippen LogP contribution in [-0.2, 0) is 16.0 Å². The molecule has 3 rings (SSSR count). The molecule has 0 atom stereocenters. The van der Waals surface area contributed by atoms with Gasteiger partial charge in [0.15, 0.2) is 0 Å². The molecule has 0 radical (unpaired) electrons. The highest BCUT2D eigenvalue weighted by Crippen LogP contribution is 2.23. The number of thiazole rings is 1. The maximum Gasteiger partial charge on any atom is 0.243 e. The van der Waals surface area contributed by atoms with Crippen molar-refractivity contribution in [1.82, 2.24) is 10.3 Å². The van der Waals surface area contributed by atoms with Gasteiger partial charge in [0.05, 0.1) is 13.0 Å². The number of nitrogens with zero attached hydrogens (tertiary/aromatic N) is 1. The lowest BCUT2D eigenvalue weighted by molar-refractivity contribution is -0.123. The molecule has 3 aromatic rings. The highest BCUT2D eigenvalue weighted by atomic mass is 32.1. The van der Waals surface area contributed by atoms with Gasteiger partial charge in [-0.3, -0.25) is 9.59 Å². The molecule has 5 nitrogen and oxygen atoms in total. The maximum absolute atomic E-state index is 13.1. The molecule has 2 N–H and O–H groups in total. The van der Waals surface area contributed by atoms with Crippen molar-refractivity contribution in [2.45, 2.75) is 6.42 Å². The number of rotatable bonds is 6. The third-order valence-corrected chi connectivity index (χ3v) is 4.37. The molecule has 132 valence electrons. The number of benzene rings is 2. The number of carbonyl (C=O) groups excluding carboxylic acids is 2. The Bertz CT molecular complexity index is 895. The smallest absolute Gasteiger partial charge is 0.243 e. The summed E-state index contributed by atoms with van der Waals surface area (Å²) >= 11 is 1.54. The lowest BCUT2D eigenvalue weighted by Crippen LogP contribution is -2.33. The van der Waals surface area contributed by atoms with Crippen LogP contribution in [0.1, 0.15) is 5.56 Å². The topological polar surface area (TPSA) is 71.1 Å². The highest BCUT2D eigenvalue weighted by molar-refractivity contribution is 7.13. The van der Waals surface area contributed by atoms with E-state index in [1.807, 2.05) is 17.5 Å². The van der Waals surface area contributed by atoms with Crippen molar-refractivity contribution >= 4 is 28.8 Å². The molecular weight excluding hydrogens is 353 g/mol. The number of anilines is 1. The second-order valence-electron chi connectivity index (χ2n) is 5.55. The van der Waals surface area contributed by atoms with Crippen LogP contribution in [0, 0.1) is 5.82 Å². The minimum Gasteiger partial charge on any atom is -0.347 e. The minimum atomic E-state index is -0.394. The molecular formula is C19H16FN3O2S. The second-order valence-corrected chi connectivity index (χ2v) is 6.44. The van der Waals surface area contributed by atoms with Crippen molar-refractivity contribution in [2.24, 2.45) is 0 Å². The average Bonchev–Trinajstić information content (AvgIpc) is 3.15. The van der Waals surface area contributed by atoms with E-state index in [4.69, 9.17) is 0 Å². The summed E-state index contributed by atoms with van der Waals surface area (Å²) in [4.78, 5) is 28.0. The SMILES string of the molecule is O=C(Cc1cccc(F)c1)NCC(=O)Nc1ccc(-c2nccs2)cc1. The number of amides is 2. The lowest BCUT2D eigenvalue weighted by Gasteiger charge is -2.08. The Morgan fingerprint density at radius 1 is 1.08 bits per heavy atom. The van der Waals surface area contributed by atoms with Gasteiger partial charge in [0.2, 0.25) is 11.8 Å². The number of aromatic nitrogens is 1. The number of hydrogen-bond acceptors (Lipinski definition) is 4. The van der Waals surface area contributed by atoms with Gasteiger partial charge >= 0.3 is 0 Å². The van der Waals surface area contributed by atoms with E-state index in [1.54, 1.807) is 30.5 Å². The predicted octanol–water partition coefficient (Wildman–Crippen LogP) is 3.25. The Morgan fingerprint density at radius 3 is 2.58 bits per heavy atom. The number of carbonyl (C=O) groups is 2. The van der Waals surface area contributed by atoms with E-state index in [9.17, 15) is 14.0 Å². The fourth-order valence-corrected chi connectivity index (χ4v) is 2.99. The van der Waals surface area contributed by atoms with E-state index in [2.05, 4.69) is 15.6 Å². The minimum absolute atomic E-state index is 0.0214. The molecule has 0 saturated carbocycles. The summed E-state index contributed by atoms with van der Waals surface area (Å²) in [5.41, 5.74) is 2.16. The van der Waals surface area contributed by atoms with Crippen molar-refractivity contribution in [3.63, 3.8) is 0 Å². The van der Waals surface area contributed by atoms with Crippen molar-refractivity contribution in [3.8, 4) is 10.6 Å². The number of hydrogen-bond donors (Lipinski definition) is 2. The fourth-order valence-electron chi connectivity index (χ4n) is 2.34. The normalized spacial score (nSPS) is 10.3. The Balaban J connectivity index is 1.47. The Hall–Kier alpha value is -3.06. The zero-order chi connectivity index (χ0) is 18.4. The predicted molar refractivity (Wildman–Crippen MR) is 99.3 cm³/mol. The van der Waals surface area contributed by atoms with Crippen molar-refractivity contribution in [3.05, 3.63) is 71.5 Å². The summed E-state index contributed by atoms with van der Waals surface area (Å²) in [5.74, 6) is -1.07. The molecule has 1 aromatic heterocycles. The van der Waals surface area contributed by atoms with Crippen molar-refractivity contribution in [1.29, 1.82) is 0 Å². The molecule has 0 saturated heterocycles. The average molecular weight is 369 g/mol. The van der Waals surface area contributed by atoms with E-state index in [0.29, 0.717) is 11.3 Å². The first-order chi connectivity index (χ1) is 12.6. The van der Waals surface area contributed by atoms with Gasteiger partial charge in [-0.2, -0.15) is 0 Å². The lowest BCUT2D eigenvalue weighted by atomic mass is 10.1. The van der Waals surface area contributed by atoms with Gasteiger partial charge in [0.1, 0.15) is 10.8 Å². The summed E-state index contributed by atoms with van der Waals surface area (Å²) in [6, 6.07) is 13.1. The first-order valence-electron chi connectivity index (χ1n) is 7.91. The summed E-state index contributed by atoms with van der Waals surface area (Å²) in [6.07, 6.45) is 1.76. The molecule has 0 fully saturated rings. The highest BCUT2D eigenvalue weighted by Gasteiger charge is 2.08. The molecule has 0 aliphatic rings. The third kappa shape index (κ3) is 4.97.